The van der Waals surface area contributed by atoms with Gasteiger partial charge in [-0.3, -0.25) is 4.79 Å². The molecule has 3 aromatic rings. The minimum Gasteiger partial charge on any atom is -0.464 e. The molecule has 1 amide bonds. The largest absolute Gasteiger partial charge is 0.464 e. The van der Waals surface area contributed by atoms with Crippen molar-refractivity contribution in [3.63, 3.8) is 0 Å². The highest BCUT2D eigenvalue weighted by Crippen LogP contribution is 2.30. The molecule has 0 saturated carbocycles. The van der Waals surface area contributed by atoms with Crippen LogP contribution in [0.5, 0.6) is 0 Å². The van der Waals surface area contributed by atoms with E-state index < -0.39 is 0 Å². The average Bonchev–Trinajstić information content (AvgIpc) is 2.91. The number of anilines is 1. The number of aryl methyl sites for hydroxylation is 3. The predicted octanol–water partition coefficient (Wildman–Crippen LogP) is 4.70. The van der Waals surface area contributed by atoms with Crippen molar-refractivity contribution in [1.29, 1.82) is 0 Å². The Kier molecular flexibility index (Phi) is 4.22. The van der Waals surface area contributed by atoms with Gasteiger partial charge in [0.15, 0.2) is 0 Å². The molecule has 0 fully saturated rings. The molecule has 0 saturated heterocycles. The lowest BCUT2D eigenvalue weighted by atomic mass is 9.99. The van der Waals surface area contributed by atoms with Gasteiger partial charge in [-0.2, -0.15) is 0 Å². The van der Waals surface area contributed by atoms with Crippen LogP contribution < -0.4 is 5.32 Å². The minimum atomic E-state index is -0.111. The Bertz CT molecular complexity index is 882. The molecule has 0 atom stereocenters. The lowest BCUT2D eigenvalue weighted by molar-refractivity contribution is -0.115. The molecule has 1 N–H and O–H groups in total. The van der Waals surface area contributed by atoms with Gasteiger partial charge in [-0.25, -0.2) is 4.98 Å². The van der Waals surface area contributed by atoms with Crippen LogP contribution in [0.3, 0.4) is 0 Å². The van der Waals surface area contributed by atoms with E-state index in [1.165, 1.54) is 5.56 Å². The maximum absolute atomic E-state index is 12.3. The number of hydrogen-bond acceptors (Lipinski definition) is 3. The Hall–Kier alpha value is -2.14. The van der Waals surface area contributed by atoms with Crippen molar-refractivity contribution in [2.45, 2.75) is 27.2 Å². The highest BCUT2D eigenvalue weighted by Gasteiger charge is 2.15. The second-order valence-electron chi connectivity index (χ2n) is 5.69. The molecule has 0 aliphatic carbocycles. The number of halogens is 1. The summed E-state index contributed by atoms with van der Waals surface area (Å²) in [4.78, 5) is 16.4. The van der Waals surface area contributed by atoms with Crippen molar-refractivity contribution >= 4 is 38.6 Å². The van der Waals surface area contributed by atoms with Crippen LogP contribution in [0.1, 0.15) is 22.3 Å². The van der Waals surface area contributed by atoms with Gasteiger partial charge in [0.05, 0.1) is 12.7 Å². The fraction of sp³-hybridized carbons (Fsp3) is 0.222. The highest BCUT2D eigenvalue weighted by atomic mass is 79.9. The summed E-state index contributed by atoms with van der Waals surface area (Å²) < 4.78 is 6.58. The fourth-order valence-corrected chi connectivity index (χ4v) is 2.96. The van der Waals surface area contributed by atoms with Crippen LogP contribution in [-0.4, -0.2) is 10.9 Å². The van der Waals surface area contributed by atoms with Crippen LogP contribution >= 0.6 is 15.9 Å². The van der Waals surface area contributed by atoms with Gasteiger partial charge in [-0.15, -0.1) is 0 Å². The van der Waals surface area contributed by atoms with Crippen molar-refractivity contribution in [3.8, 4) is 0 Å². The number of amides is 1. The standard InChI is InChI=1S/C18H17BrN2O2/c1-10-6-11(2)17-13(9-23-18(17)12(10)3)7-16(22)21-15-5-4-14(19)8-20-15/h4-6,8-9H,7H2,1-3H3,(H,20,21,22). The average molecular weight is 373 g/mol. The fourth-order valence-electron chi connectivity index (χ4n) is 2.73. The Balaban J connectivity index is 1.85. The monoisotopic (exact) mass is 372 g/mol. The third kappa shape index (κ3) is 3.15. The van der Waals surface area contributed by atoms with Crippen molar-refractivity contribution in [1.82, 2.24) is 4.98 Å². The molecule has 4 nitrogen and oxygen atoms in total. The number of carbonyl (C=O) groups is 1. The van der Waals surface area contributed by atoms with Gasteiger partial charge in [-0.05, 0) is 65.5 Å². The van der Waals surface area contributed by atoms with Crippen LogP contribution in [0.2, 0.25) is 0 Å². The number of benzene rings is 1. The van der Waals surface area contributed by atoms with Crippen LogP contribution in [0, 0.1) is 20.8 Å². The van der Waals surface area contributed by atoms with Gasteiger partial charge >= 0.3 is 0 Å². The normalized spacial score (nSPS) is 11.0. The van der Waals surface area contributed by atoms with Gasteiger partial charge in [0, 0.05) is 21.6 Å². The molecule has 1 aromatic carbocycles. The summed E-state index contributed by atoms with van der Waals surface area (Å²) in [7, 11) is 0. The number of nitrogens with zero attached hydrogens (tertiary/aromatic N) is 1. The minimum absolute atomic E-state index is 0.111. The molecular formula is C18H17BrN2O2. The van der Waals surface area contributed by atoms with Crippen molar-refractivity contribution in [3.05, 3.63) is 57.4 Å². The van der Waals surface area contributed by atoms with Gasteiger partial charge in [0.1, 0.15) is 11.4 Å². The van der Waals surface area contributed by atoms with E-state index in [0.717, 1.165) is 32.1 Å². The summed E-state index contributed by atoms with van der Waals surface area (Å²) in [5.74, 6) is 0.426. The maximum atomic E-state index is 12.3. The number of carbonyl (C=O) groups excluding carboxylic acids is 1. The van der Waals surface area contributed by atoms with Crippen molar-refractivity contribution < 1.29 is 9.21 Å². The zero-order valence-electron chi connectivity index (χ0n) is 13.2. The second-order valence-corrected chi connectivity index (χ2v) is 6.60. The molecule has 0 radical (unpaired) electrons. The van der Waals surface area contributed by atoms with Crippen molar-refractivity contribution in [2.24, 2.45) is 0 Å². The number of nitrogens with one attached hydrogen (secondary N) is 1. The van der Waals surface area contributed by atoms with Crippen LogP contribution in [0.25, 0.3) is 11.0 Å². The lowest BCUT2D eigenvalue weighted by Crippen LogP contribution is -2.15. The van der Waals surface area contributed by atoms with Gasteiger partial charge in [-0.1, -0.05) is 6.07 Å². The van der Waals surface area contributed by atoms with E-state index in [1.807, 2.05) is 19.9 Å². The molecule has 118 valence electrons. The molecule has 23 heavy (non-hydrogen) atoms. The highest BCUT2D eigenvalue weighted by molar-refractivity contribution is 9.10. The van der Waals surface area contributed by atoms with Crippen LogP contribution in [0.15, 0.2) is 39.5 Å². The molecule has 0 bridgehead atoms. The van der Waals surface area contributed by atoms with Gasteiger partial charge in [0.2, 0.25) is 5.91 Å². The molecular weight excluding hydrogens is 356 g/mol. The Labute approximate surface area is 143 Å². The number of fused-ring (bicyclic) bond motifs is 1. The first kappa shape index (κ1) is 15.7. The number of pyridine rings is 1. The molecule has 2 heterocycles. The third-order valence-corrected chi connectivity index (χ3v) is 4.44. The molecule has 0 aliphatic heterocycles. The summed E-state index contributed by atoms with van der Waals surface area (Å²) >= 11 is 3.32. The third-order valence-electron chi connectivity index (χ3n) is 3.97. The number of aromatic nitrogens is 1. The smallest absolute Gasteiger partial charge is 0.230 e. The summed E-state index contributed by atoms with van der Waals surface area (Å²) in [5, 5.41) is 3.84. The van der Waals surface area contributed by atoms with Crippen LogP contribution in [-0.2, 0) is 11.2 Å². The molecule has 3 rings (SSSR count). The number of rotatable bonds is 3. The van der Waals surface area contributed by atoms with E-state index in [2.05, 4.69) is 39.2 Å². The van der Waals surface area contributed by atoms with Gasteiger partial charge in [0.25, 0.3) is 0 Å². The SMILES string of the molecule is Cc1cc(C)c2c(CC(=O)Nc3ccc(Br)cn3)coc2c1C. The van der Waals surface area contributed by atoms with E-state index in [9.17, 15) is 4.79 Å². The summed E-state index contributed by atoms with van der Waals surface area (Å²) in [5.41, 5.74) is 5.20. The van der Waals surface area contributed by atoms with Crippen molar-refractivity contribution in [2.75, 3.05) is 5.32 Å². The molecule has 5 heteroatoms. The van der Waals surface area contributed by atoms with Gasteiger partial charge < -0.3 is 9.73 Å². The first-order chi connectivity index (χ1) is 11.0. The topological polar surface area (TPSA) is 55.1 Å². The molecule has 0 spiro atoms. The summed E-state index contributed by atoms with van der Waals surface area (Å²) in [6, 6.07) is 5.73. The molecule has 2 aromatic heterocycles. The Morgan fingerprint density at radius 1 is 1.26 bits per heavy atom. The van der Waals surface area contributed by atoms with E-state index in [4.69, 9.17) is 4.42 Å². The Morgan fingerprint density at radius 3 is 2.74 bits per heavy atom. The second kappa shape index (κ2) is 6.16. The first-order valence-corrected chi connectivity index (χ1v) is 8.13. The summed E-state index contributed by atoms with van der Waals surface area (Å²) in [6.45, 7) is 6.15. The molecule has 0 aliphatic rings. The molecule has 0 unspecified atom stereocenters. The first-order valence-electron chi connectivity index (χ1n) is 7.34. The number of furan rings is 1. The van der Waals surface area contributed by atoms with E-state index in [1.54, 1.807) is 18.5 Å². The Morgan fingerprint density at radius 2 is 2.04 bits per heavy atom. The summed E-state index contributed by atoms with van der Waals surface area (Å²) in [6.07, 6.45) is 3.59. The van der Waals surface area contributed by atoms with E-state index in [-0.39, 0.29) is 12.3 Å². The zero-order valence-corrected chi connectivity index (χ0v) is 14.8. The zero-order chi connectivity index (χ0) is 16.6. The van der Waals surface area contributed by atoms with E-state index >= 15 is 0 Å². The number of hydrogen-bond donors (Lipinski definition) is 1. The van der Waals surface area contributed by atoms with Crippen LogP contribution in [0.4, 0.5) is 5.82 Å². The quantitative estimate of drug-likeness (QED) is 0.724. The lowest BCUT2D eigenvalue weighted by Gasteiger charge is -2.06. The predicted molar refractivity (Wildman–Crippen MR) is 94.7 cm³/mol. The maximum Gasteiger partial charge on any atom is 0.230 e. The van der Waals surface area contributed by atoms with E-state index in [0.29, 0.717) is 5.82 Å².